The number of rotatable bonds is 1. The van der Waals surface area contributed by atoms with Gasteiger partial charge in [-0.25, -0.2) is 0 Å². The molecule has 0 atom stereocenters. The number of carbonyl (C=O) groups is 1. The zero-order valence-corrected chi connectivity index (χ0v) is 10.8. The molecule has 0 unspecified atom stereocenters. The van der Waals surface area contributed by atoms with Gasteiger partial charge in [-0.1, -0.05) is 29.3 Å². The Morgan fingerprint density at radius 2 is 1.76 bits per heavy atom. The van der Waals surface area contributed by atoms with E-state index in [-0.39, 0.29) is 11.9 Å². The maximum Gasteiger partial charge on any atom is 0.256 e. The van der Waals surface area contributed by atoms with E-state index < -0.39 is 0 Å². The maximum atomic E-state index is 12.3. The van der Waals surface area contributed by atoms with E-state index in [1.807, 2.05) is 0 Å². The van der Waals surface area contributed by atoms with Crippen molar-refractivity contribution in [2.75, 3.05) is 13.1 Å². The zero-order chi connectivity index (χ0) is 12.4. The number of hydrogen-bond donors (Lipinski definition) is 1. The van der Waals surface area contributed by atoms with Crippen LogP contribution in [0.2, 0.25) is 10.0 Å². The molecule has 0 aliphatic carbocycles. The van der Waals surface area contributed by atoms with Crippen LogP contribution in [0.3, 0.4) is 0 Å². The lowest BCUT2D eigenvalue weighted by Crippen LogP contribution is -2.43. The van der Waals surface area contributed by atoms with Gasteiger partial charge in [0.2, 0.25) is 0 Å². The van der Waals surface area contributed by atoms with Crippen LogP contribution >= 0.6 is 23.2 Å². The standard InChI is InChI=1S/C12H14Cl2N2O/c13-9-2-1-3-10(14)11(9)12(17)16-6-4-8(15)5-7-16/h1-3,8H,4-7,15H2. The van der Waals surface area contributed by atoms with Gasteiger partial charge in [0.05, 0.1) is 15.6 Å². The minimum atomic E-state index is -0.104. The Hall–Kier alpha value is -0.770. The Balaban J connectivity index is 2.20. The van der Waals surface area contributed by atoms with Gasteiger partial charge in [-0.05, 0) is 25.0 Å². The molecular weight excluding hydrogens is 259 g/mol. The van der Waals surface area contributed by atoms with Gasteiger partial charge in [-0.15, -0.1) is 0 Å². The van der Waals surface area contributed by atoms with Gasteiger partial charge >= 0.3 is 0 Å². The summed E-state index contributed by atoms with van der Waals surface area (Å²) in [6.45, 7) is 1.34. The van der Waals surface area contributed by atoms with Crippen LogP contribution in [0, 0.1) is 0 Å². The molecule has 3 nitrogen and oxygen atoms in total. The molecule has 1 aliphatic heterocycles. The SMILES string of the molecule is NC1CCN(C(=O)c2c(Cl)cccc2Cl)CC1. The second-order valence-corrected chi connectivity index (χ2v) is 5.04. The fraction of sp³-hybridized carbons (Fsp3) is 0.417. The number of amides is 1. The lowest BCUT2D eigenvalue weighted by molar-refractivity contribution is 0.0715. The molecule has 1 aromatic rings. The monoisotopic (exact) mass is 272 g/mol. The summed E-state index contributed by atoms with van der Waals surface area (Å²) in [6, 6.07) is 5.28. The average Bonchev–Trinajstić information content (AvgIpc) is 2.29. The Morgan fingerprint density at radius 3 is 2.29 bits per heavy atom. The fourth-order valence-electron chi connectivity index (χ4n) is 1.96. The second-order valence-electron chi connectivity index (χ2n) is 4.23. The summed E-state index contributed by atoms with van der Waals surface area (Å²) in [6.07, 6.45) is 1.65. The minimum Gasteiger partial charge on any atom is -0.338 e. The summed E-state index contributed by atoms with van der Waals surface area (Å²) in [7, 11) is 0. The van der Waals surface area contributed by atoms with E-state index in [9.17, 15) is 4.79 Å². The van der Waals surface area contributed by atoms with Crippen LogP contribution in [0.15, 0.2) is 18.2 Å². The molecule has 1 aromatic carbocycles. The van der Waals surface area contributed by atoms with Crippen molar-refractivity contribution in [3.63, 3.8) is 0 Å². The van der Waals surface area contributed by atoms with E-state index in [2.05, 4.69) is 0 Å². The molecule has 1 saturated heterocycles. The first-order valence-corrected chi connectivity index (χ1v) is 6.34. The van der Waals surface area contributed by atoms with Gasteiger partial charge in [0, 0.05) is 19.1 Å². The van der Waals surface area contributed by atoms with Gasteiger partial charge in [-0.2, -0.15) is 0 Å². The molecule has 2 rings (SSSR count). The van der Waals surface area contributed by atoms with Crippen LogP contribution in [0.4, 0.5) is 0 Å². The van der Waals surface area contributed by atoms with Gasteiger partial charge in [0.25, 0.3) is 5.91 Å². The maximum absolute atomic E-state index is 12.3. The second kappa shape index (κ2) is 5.25. The third-order valence-electron chi connectivity index (χ3n) is 3.00. The topological polar surface area (TPSA) is 46.3 Å². The Bertz CT molecular complexity index is 408. The van der Waals surface area contributed by atoms with Gasteiger partial charge in [0.15, 0.2) is 0 Å². The van der Waals surface area contributed by atoms with E-state index in [1.54, 1.807) is 23.1 Å². The molecule has 0 saturated carbocycles. The molecule has 92 valence electrons. The van der Waals surface area contributed by atoms with Gasteiger partial charge in [0.1, 0.15) is 0 Å². The summed E-state index contributed by atoms with van der Waals surface area (Å²) in [4.78, 5) is 14.0. The van der Waals surface area contributed by atoms with Crippen LogP contribution in [0.25, 0.3) is 0 Å². The molecule has 0 bridgehead atoms. The molecule has 5 heteroatoms. The van der Waals surface area contributed by atoms with Gasteiger partial charge in [-0.3, -0.25) is 4.79 Å². The number of carbonyl (C=O) groups excluding carboxylic acids is 1. The van der Waals surface area contributed by atoms with Crippen molar-refractivity contribution in [2.45, 2.75) is 18.9 Å². The van der Waals surface area contributed by atoms with Crippen LogP contribution in [0.1, 0.15) is 23.2 Å². The predicted molar refractivity (Wildman–Crippen MR) is 69.6 cm³/mol. The quantitative estimate of drug-likeness (QED) is 0.854. The Morgan fingerprint density at radius 1 is 1.24 bits per heavy atom. The number of halogens is 2. The van der Waals surface area contributed by atoms with E-state index in [4.69, 9.17) is 28.9 Å². The Kier molecular flexibility index (Phi) is 3.92. The molecule has 1 fully saturated rings. The predicted octanol–water partition coefficient (Wildman–Crippen LogP) is 2.56. The van der Waals surface area contributed by atoms with E-state index >= 15 is 0 Å². The van der Waals surface area contributed by atoms with Crippen molar-refractivity contribution < 1.29 is 4.79 Å². The van der Waals surface area contributed by atoms with Crippen molar-refractivity contribution in [1.82, 2.24) is 4.90 Å². The summed E-state index contributed by atoms with van der Waals surface area (Å²) in [5, 5.41) is 0.801. The number of piperidine rings is 1. The van der Waals surface area contributed by atoms with Crippen molar-refractivity contribution >= 4 is 29.1 Å². The number of nitrogens with two attached hydrogens (primary N) is 1. The van der Waals surface area contributed by atoms with Crippen LogP contribution in [0.5, 0.6) is 0 Å². The highest BCUT2D eigenvalue weighted by atomic mass is 35.5. The molecule has 17 heavy (non-hydrogen) atoms. The molecule has 0 aromatic heterocycles. The third-order valence-corrected chi connectivity index (χ3v) is 3.63. The molecule has 1 aliphatic rings. The van der Waals surface area contributed by atoms with Crippen molar-refractivity contribution in [3.05, 3.63) is 33.8 Å². The van der Waals surface area contributed by atoms with Crippen molar-refractivity contribution in [2.24, 2.45) is 5.73 Å². The van der Waals surface area contributed by atoms with E-state index in [0.29, 0.717) is 28.7 Å². The number of nitrogens with zero attached hydrogens (tertiary/aromatic N) is 1. The summed E-state index contributed by atoms with van der Waals surface area (Å²) in [5.74, 6) is -0.104. The normalized spacial score (nSPS) is 17.2. The number of likely N-dealkylation sites (tertiary alicyclic amines) is 1. The molecule has 1 amide bonds. The highest BCUT2D eigenvalue weighted by molar-refractivity contribution is 6.39. The lowest BCUT2D eigenvalue weighted by atomic mass is 10.0. The third kappa shape index (κ3) is 2.73. The minimum absolute atomic E-state index is 0.104. The summed E-state index contributed by atoms with van der Waals surface area (Å²) in [5.41, 5.74) is 6.20. The largest absolute Gasteiger partial charge is 0.338 e. The first-order valence-electron chi connectivity index (χ1n) is 5.58. The van der Waals surface area contributed by atoms with Crippen LogP contribution < -0.4 is 5.73 Å². The molecular formula is C12H14Cl2N2O. The summed E-state index contributed by atoms with van der Waals surface area (Å²) >= 11 is 12.0. The van der Waals surface area contributed by atoms with Gasteiger partial charge < -0.3 is 10.6 Å². The van der Waals surface area contributed by atoms with Crippen LogP contribution in [-0.4, -0.2) is 29.9 Å². The highest BCUT2D eigenvalue weighted by Crippen LogP contribution is 2.26. The fourth-order valence-corrected chi connectivity index (χ4v) is 2.52. The Labute approximate surface area is 110 Å². The van der Waals surface area contributed by atoms with Crippen molar-refractivity contribution in [3.8, 4) is 0 Å². The van der Waals surface area contributed by atoms with Crippen LogP contribution in [-0.2, 0) is 0 Å². The average molecular weight is 273 g/mol. The first kappa shape index (κ1) is 12.7. The first-order chi connectivity index (χ1) is 8.09. The summed E-state index contributed by atoms with van der Waals surface area (Å²) < 4.78 is 0. The molecule has 2 N–H and O–H groups in total. The van der Waals surface area contributed by atoms with E-state index in [0.717, 1.165) is 12.8 Å². The highest BCUT2D eigenvalue weighted by Gasteiger charge is 2.24. The van der Waals surface area contributed by atoms with Crippen molar-refractivity contribution in [1.29, 1.82) is 0 Å². The van der Waals surface area contributed by atoms with E-state index in [1.165, 1.54) is 0 Å². The number of benzene rings is 1. The smallest absolute Gasteiger partial charge is 0.256 e. The molecule has 1 heterocycles. The molecule has 0 radical (unpaired) electrons. The molecule has 0 spiro atoms. The number of hydrogen-bond acceptors (Lipinski definition) is 2. The lowest BCUT2D eigenvalue weighted by Gasteiger charge is -2.30. The zero-order valence-electron chi connectivity index (χ0n) is 9.33.